The van der Waals surface area contributed by atoms with Crippen LogP contribution in [0.2, 0.25) is 0 Å². The molecule has 0 aromatic carbocycles. The summed E-state index contributed by atoms with van der Waals surface area (Å²) >= 11 is 0. The van der Waals surface area contributed by atoms with Gasteiger partial charge in [-0.2, -0.15) is 0 Å². The molecule has 1 amide bonds. The van der Waals surface area contributed by atoms with Gasteiger partial charge in [-0.1, -0.05) is 0 Å². The largest absolute Gasteiger partial charge is 0.389 e. The predicted molar refractivity (Wildman–Crippen MR) is 58.1 cm³/mol. The topological polar surface area (TPSA) is 79.8 Å². The van der Waals surface area contributed by atoms with Crippen LogP contribution in [0.3, 0.4) is 0 Å². The molecule has 0 spiro atoms. The molecule has 0 radical (unpaired) electrons. The van der Waals surface area contributed by atoms with Crippen molar-refractivity contribution in [2.45, 2.75) is 18.6 Å². The fourth-order valence-corrected chi connectivity index (χ4v) is 1.53. The smallest absolute Gasteiger partial charge is 0.221 e. The molecule has 1 fully saturated rings. The molecule has 16 heavy (non-hydrogen) atoms. The van der Waals surface area contributed by atoms with Crippen molar-refractivity contribution in [3.05, 3.63) is 0 Å². The molecule has 0 bridgehead atoms. The molecule has 6 nitrogen and oxygen atoms in total. The number of nitrogens with one attached hydrogen (secondary N) is 2. The maximum absolute atomic E-state index is 11.5. The third-order valence-corrected chi connectivity index (χ3v) is 2.32. The molecule has 1 aliphatic rings. The number of carbonyl (C=O) groups is 1. The SMILES string of the molecule is COCC(O)CNC(=O)CC1COCCN1. The summed E-state index contributed by atoms with van der Waals surface area (Å²) in [4.78, 5) is 11.5. The molecule has 3 N–H and O–H groups in total. The van der Waals surface area contributed by atoms with Crippen LogP contribution in [0.15, 0.2) is 0 Å². The number of carbonyl (C=O) groups excluding carboxylic acids is 1. The highest BCUT2D eigenvalue weighted by atomic mass is 16.5. The number of rotatable bonds is 6. The first-order valence-electron chi connectivity index (χ1n) is 5.47. The zero-order chi connectivity index (χ0) is 11.8. The van der Waals surface area contributed by atoms with Gasteiger partial charge in [-0.3, -0.25) is 4.79 Å². The average molecular weight is 232 g/mol. The minimum absolute atomic E-state index is 0.0771. The fourth-order valence-electron chi connectivity index (χ4n) is 1.53. The molecule has 0 aromatic rings. The Labute approximate surface area is 95.3 Å². The van der Waals surface area contributed by atoms with Gasteiger partial charge in [0.05, 0.1) is 25.9 Å². The summed E-state index contributed by atoms with van der Waals surface area (Å²) < 4.78 is 9.99. The first kappa shape index (κ1) is 13.4. The maximum atomic E-state index is 11.5. The van der Waals surface area contributed by atoms with Crippen molar-refractivity contribution >= 4 is 5.91 Å². The molecular formula is C10H20N2O4. The highest BCUT2D eigenvalue weighted by molar-refractivity contribution is 5.76. The Balaban J connectivity index is 2.10. The van der Waals surface area contributed by atoms with E-state index in [0.717, 1.165) is 6.54 Å². The van der Waals surface area contributed by atoms with Crippen LogP contribution in [0.5, 0.6) is 0 Å². The summed E-state index contributed by atoms with van der Waals surface area (Å²) in [6.45, 7) is 2.49. The molecule has 0 saturated carbocycles. The van der Waals surface area contributed by atoms with Gasteiger partial charge in [0.2, 0.25) is 5.91 Å². The molecule has 1 saturated heterocycles. The van der Waals surface area contributed by atoms with Crippen LogP contribution >= 0.6 is 0 Å². The summed E-state index contributed by atoms with van der Waals surface area (Å²) in [6, 6.07) is 0.0771. The minimum Gasteiger partial charge on any atom is -0.389 e. The molecule has 1 aliphatic heterocycles. The highest BCUT2D eigenvalue weighted by Gasteiger charge is 2.17. The van der Waals surface area contributed by atoms with Gasteiger partial charge in [-0.15, -0.1) is 0 Å². The number of amides is 1. The normalized spacial score (nSPS) is 22.8. The monoisotopic (exact) mass is 232 g/mol. The lowest BCUT2D eigenvalue weighted by Crippen LogP contribution is -2.45. The van der Waals surface area contributed by atoms with Gasteiger partial charge < -0.3 is 25.2 Å². The highest BCUT2D eigenvalue weighted by Crippen LogP contribution is 1.98. The van der Waals surface area contributed by atoms with Crippen molar-refractivity contribution in [1.82, 2.24) is 10.6 Å². The molecule has 1 heterocycles. The number of hydrogen-bond donors (Lipinski definition) is 3. The van der Waals surface area contributed by atoms with Crippen molar-refractivity contribution in [3.63, 3.8) is 0 Å². The average Bonchev–Trinajstić information content (AvgIpc) is 2.28. The van der Waals surface area contributed by atoms with Gasteiger partial charge >= 0.3 is 0 Å². The summed E-state index contributed by atoms with van der Waals surface area (Å²) in [7, 11) is 1.51. The standard InChI is InChI=1S/C10H20N2O4/c1-15-7-9(13)5-12-10(14)4-8-6-16-3-2-11-8/h8-9,11,13H,2-7H2,1H3,(H,12,14). The van der Waals surface area contributed by atoms with E-state index in [-0.39, 0.29) is 25.1 Å². The predicted octanol–water partition coefficient (Wildman–Crippen LogP) is -1.51. The van der Waals surface area contributed by atoms with E-state index in [4.69, 9.17) is 9.47 Å². The van der Waals surface area contributed by atoms with E-state index < -0.39 is 6.10 Å². The van der Waals surface area contributed by atoms with Crippen molar-refractivity contribution < 1.29 is 19.4 Å². The van der Waals surface area contributed by atoms with Crippen LogP contribution in [-0.2, 0) is 14.3 Å². The number of ether oxygens (including phenoxy) is 2. The van der Waals surface area contributed by atoms with Crippen molar-refractivity contribution in [2.75, 3.05) is 40.0 Å². The van der Waals surface area contributed by atoms with Crippen LogP contribution in [0.4, 0.5) is 0 Å². The Kier molecular flexibility index (Phi) is 6.32. The number of aliphatic hydroxyl groups excluding tert-OH is 1. The first-order valence-corrected chi connectivity index (χ1v) is 5.47. The van der Waals surface area contributed by atoms with E-state index >= 15 is 0 Å². The van der Waals surface area contributed by atoms with Crippen LogP contribution in [0, 0.1) is 0 Å². The van der Waals surface area contributed by atoms with Crippen LogP contribution in [0.1, 0.15) is 6.42 Å². The quantitative estimate of drug-likeness (QED) is 0.519. The molecule has 6 heteroatoms. The van der Waals surface area contributed by atoms with Gasteiger partial charge in [-0.05, 0) is 0 Å². The summed E-state index contributed by atoms with van der Waals surface area (Å²) in [6.07, 6.45) is -0.274. The Morgan fingerprint density at radius 1 is 1.75 bits per heavy atom. The van der Waals surface area contributed by atoms with Crippen LogP contribution in [-0.4, -0.2) is 63.2 Å². The lowest BCUT2D eigenvalue weighted by Gasteiger charge is -2.23. The summed E-state index contributed by atoms with van der Waals surface area (Å²) in [5.41, 5.74) is 0. The van der Waals surface area contributed by atoms with Gasteiger partial charge in [0.15, 0.2) is 0 Å². The summed E-state index contributed by atoms with van der Waals surface area (Å²) in [5.74, 6) is -0.0850. The fraction of sp³-hybridized carbons (Fsp3) is 0.900. The van der Waals surface area contributed by atoms with Crippen molar-refractivity contribution in [3.8, 4) is 0 Å². The zero-order valence-corrected chi connectivity index (χ0v) is 9.57. The van der Waals surface area contributed by atoms with E-state index in [1.807, 2.05) is 0 Å². The van der Waals surface area contributed by atoms with Crippen LogP contribution < -0.4 is 10.6 Å². The molecule has 0 aliphatic carbocycles. The van der Waals surface area contributed by atoms with Crippen molar-refractivity contribution in [1.29, 1.82) is 0 Å². The Morgan fingerprint density at radius 3 is 3.19 bits per heavy atom. The van der Waals surface area contributed by atoms with Gasteiger partial charge in [-0.25, -0.2) is 0 Å². The molecule has 2 atom stereocenters. The zero-order valence-electron chi connectivity index (χ0n) is 9.57. The second-order valence-electron chi connectivity index (χ2n) is 3.84. The van der Waals surface area contributed by atoms with Crippen LogP contribution in [0.25, 0.3) is 0 Å². The molecule has 2 unspecified atom stereocenters. The Morgan fingerprint density at radius 2 is 2.56 bits per heavy atom. The van der Waals surface area contributed by atoms with E-state index in [9.17, 15) is 9.90 Å². The Bertz CT molecular complexity index is 207. The number of morpholine rings is 1. The van der Waals surface area contributed by atoms with E-state index in [2.05, 4.69) is 10.6 Å². The minimum atomic E-state index is -0.649. The van der Waals surface area contributed by atoms with E-state index in [1.165, 1.54) is 7.11 Å². The second-order valence-corrected chi connectivity index (χ2v) is 3.84. The molecule has 94 valence electrons. The lowest BCUT2D eigenvalue weighted by atomic mass is 10.2. The number of hydrogen-bond acceptors (Lipinski definition) is 5. The maximum Gasteiger partial charge on any atom is 0.221 e. The third-order valence-electron chi connectivity index (χ3n) is 2.32. The van der Waals surface area contributed by atoms with E-state index in [1.54, 1.807) is 0 Å². The molecule has 0 aromatic heterocycles. The Hall–Kier alpha value is -0.690. The van der Waals surface area contributed by atoms with Crippen molar-refractivity contribution in [2.24, 2.45) is 0 Å². The number of methoxy groups -OCH3 is 1. The van der Waals surface area contributed by atoms with Gasteiger partial charge in [0.1, 0.15) is 0 Å². The number of aliphatic hydroxyl groups is 1. The molecule has 1 rings (SSSR count). The lowest BCUT2D eigenvalue weighted by molar-refractivity contribution is -0.122. The second kappa shape index (κ2) is 7.56. The first-order chi connectivity index (χ1) is 7.72. The van der Waals surface area contributed by atoms with E-state index in [0.29, 0.717) is 19.6 Å². The van der Waals surface area contributed by atoms with Gasteiger partial charge in [0.25, 0.3) is 0 Å². The molecular weight excluding hydrogens is 212 g/mol. The third kappa shape index (κ3) is 5.41. The summed E-state index contributed by atoms with van der Waals surface area (Å²) in [5, 5.41) is 15.2. The van der Waals surface area contributed by atoms with Gasteiger partial charge in [0, 0.05) is 32.7 Å².